The molecule has 5 rings (SSSR count). The van der Waals surface area contributed by atoms with Gasteiger partial charge in [0.15, 0.2) is 23.8 Å². The number of hydrogen-bond acceptors (Lipinski definition) is 7. The normalized spacial score (nSPS) is 12.8. The first-order valence-corrected chi connectivity index (χ1v) is 11.4. The van der Waals surface area contributed by atoms with E-state index in [1.807, 2.05) is 43.3 Å². The Morgan fingerprint density at radius 1 is 1.00 bits per heavy atom. The molecule has 0 spiro atoms. The van der Waals surface area contributed by atoms with Crippen LogP contribution in [0.5, 0.6) is 11.5 Å². The quantitative estimate of drug-likeness (QED) is 0.401. The molecule has 0 unspecified atom stereocenters. The number of hydrogen-bond donors (Lipinski definition) is 1. The van der Waals surface area contributed by atoms with Gasteiger partial charge in [-0.2, -0.15) is 5.10 Å². The van der Waals surface area contributed by atoms with Gasteiger partial charge in [-0.05, 0) is 36.2 Å². The molecule has 1 aromatic heterocycles. The number of amides is 1. The summed E-state index contributed by atoms with van der Waals surface area (Å²) in [4.78, 5) is 38.4. The fourth-order valence-electron chi connectivity index (χ4n) is 4.00. The van der Waals surface area contributed by atoms with Crippen LogP contribution in [0.1, 0.15) is 34.6 Å². The zero-order valence-electron chi connectivity index (χ0n) is 19.5. The van der Waals surface area contributed by atoms with Crippen molar-refractivity contribution in [2.75, 3.05) is 13.4 Å². The predicted molar refractivity (Wildman–Crippen MR) is 131 cm³/mol. The molecule has 0 radical (unpaired) electrons. The van der Waals surface area contributed by atoms with Gasteiger partial charge in [-0.3, -0.25) is 9.59 Å². The van der Waals surface area contributed by atoms with Crippen molar-refractivity contribution in [1.29, 1.82) is 0 Å². The lowest BCUT2D eigenvalue weighted by molar-refractivity contribution is -0.124. The second-order valence-electron chi connectivity index (χ2n) is 8.32. The van der Waals surface area contributed by atoms with E-state index in [9.17, 15) is 14.4 Å². The van der Waals surface area contributed by atoms with Crippen molar-refractivity contribution in [3.63, 3.8) is 0 Å². The van der Waals surface area contributed by atoms with Gasteiger partial charge in [-0.25, -0.2) is 9.48 Å². The molecule has 0 aliphatic carbocycles. The molecule has 1 amide bonds. The average molecular weight is 485 g/mol. The topological polar surface area (TPSA) is 109 Å². The van der Waals surface area contributed by atoms with Crippen molar-refractivity contribution < 1.29 is 23.8 Å². The van der Waals surface area contributed by atoms with Crippen LogP contribution in [0.15, 0.2) is 77.6 Å². The molecular formula is C27H23N3O6. The molecule has 0 fully saturated rings. The molecule has 9 nitrogen and oxygen atoms in total. The fourth-order valence-corrected chi connectivity index (χ4v) is 4.00. The van der Waals surface area contributed by atoms with Gasteiger partial charge in [-0.1, -0.05) is 54.6 Å². The Labute approximate surface area is 206 Å². The molecule has 1 aliphatic heterocycles. The Morgan fingerprint density at radius 3 is 2.53 bits per heavy atom. The van der Waals surface area contributed by atoms with Crippen molar-refractivity contribution in [2.45, 2.75) is 19.5 Å². The zero-order valence-corrected chi connectivity index (χ0v) is 19.5. The maximum absolute atomic E-state index is 13.0. The smallest absolute Gasteiger partial charge is 0.359 e. The first-order valence-electron chi connectivity index (χ1n) is 11.4. The van der Waals surface area contributed by atoms with Gasteiger partial charge in [0.05, 0.1) is 18.0 Å². The van der Waals surface area contributed by atoms with Crippen LogP contribution in [-0.4, -0.2) is 35.1 Å². The van der Waals surface area contributed by atoms with Gasteiger partial charge < -0.3 is 19.5 Å². The summed E-state index contributed by atoms with van der Waals surface area (Å²) in [6.45, 7) is 1.67. The van der Waals surface area contributed by atoms with E-state index < -0.39 is 18.5 Å². The molecule has 0 saturated carbocycles. The number of ether oxygens (including phenoxy) is 3. The molecule has 9 heteroatoms. The molecule has 0 saturated heterocycles. The molecule has 3 aromatic carbocycles. The molecule has 182 valence electrons. The molecule has 1 N–H and O–H groups in total. The molecule has 2 heterocycles. The average Bonchev–Trinajstić information content (AvgIpc) is 3.37. The molecular weight excluding hydrogens is 462 g/mol. The number of rotatable bonds is 7. The summed E-state index contributed by atoms with van der Waals surface area (Å²) in [5, 5.41) is 7.79. The Morgan fingerprint density at radius 2 is 1.72 bits per heavy atom. The van der Waals surface area contributed by atoms with Crippen LogP contribution in [0.3, 0.4) is 0 Å². The summed E-state index contributed by atoms with van der Waals surface area (Å²) in [6.07, 6.45) is 0. The Kier molecular flexibility index (Phi) is 6.36. The minimum absolute atomic E-state index is 0.0299. The van der Waals surface area contributed by atoms with Gasteiger partial charge >= 0.3 is 5.97 Å². The Bertz CT molecular complexity index is 1500. The van der Waals surface area contributed by atoms with Gasteiger partial charge in [0, 0.05) is 5.39 Å². The van der Waals surface area contributed by atoms with Crippen LogP contribution >= 0.6 is 0 Å². The summed E-state index contributed by atoms with van der Waals surface area (Å²) in [6, 6.07) is 21.1. The number of carbonyl (C=O) groups excluding carboxylic acids is 2. The summed E-state index contributed by atoms with van der Waals surface area (Å²) in [5.41, 5.74) is 1.33. The highest BCUT2D eigenvalue weighted by Gasteiger charge is 2.21. The van der Waals surface area contributed by atoms with Crippen LogP contribution in [0.2, 0.25) is 0 Å². The summed E-state index contributed by atoms with van der Waals surface area (Å²) in [7, 11) is 0. The van der Waals surface area contributed by atoms with E-state index in [-0.39, 0.29) is 30.6 Å². The van der Waals surface area contributed by atoms with E-state index in [1.165, 1.54) is 4.68 Å². The third-order valence-corrected chi connectivity index (χ3v) is 5.84. The maximum Gasteiger partial charge on any atom is 0.359 e. The highest BCUT2D eigenvalue weighted by atomic mass is 16.7. The van der Waals surface area contributed by atoms with Crippen molar-refractivity contribution in [1.82, 2.24) is 15.1 Å². The highest BCUT2D eigenvalue weighted by molar-refractivity contribution is 6.02. The van der Waals surface area contributed by atoms with E-state index in [0.717, 1.165) is 11.1 Å². The van der Waals surface area contributed by atoms with Gasteiger partial charge in [0.2, 0.25) is 6.79 Å². The van der Waals surface area contributed by atoms with Crippen LogP contribution < -0.4 is 20.3 Å². The Balaban J connectivity index is 1.30. The lowest BCUT2D eigenvalue weighted by atomic mass is 10.1. The minimum atomic E-state index is -0.793. The zero-order chi connectivity index (χ0) is 25.1. The van der Waals surface area contributed by atoms with Crippen molar-refractivity contribution in [3.8, 4) is 11.5 Å². The molecule has 4 aromatic rings. The van der Waals surface area contributed by atoms with E-state index >= 15 is 0 Å². The number of fused-ring (bicyclic) bond motifs is 2. The number of benzene rings is 3. The monoisotopic (exact) mass is 485 g/mol. The van der Waals surface area contributed by atoms with Crippen molar-refractivity contribution >= 4 is 22.6 Å². The van der Waals surface area contributed by atoms with E-state index in [1.54, 1.807) is 36.4 Å². The first kappa shape index (κ1) is 23.1. The van der Waals surface area contributed by atoms with E-state index in [2.05, 4.69) is 10.4 Å². The summed E-state index contributed by atoms with van der Waals surface area (Å²) >= 11 is 0. The molecule has 36 heavy (non-hydrogen) atoms. The fraction of sp³-hybridized carbons (Fsp3) is 0.185. The van der Waals surface area contributed by atoms with Crippen LogP contribution in [0, 0.1) is 0 Å². The number of nitrogens with zero attached hydrogens (tertiary/aromatic N) is 2. The van der Waals surface area contributed by atoms with Crippen molar-refractivity contribution in [3.05, 3.63) is 100.0 Å². The maximum atomic E-state index is 13.0. The summed E-state index contributed by atoms with van der Waals surface area (Å²) in [5.74, 6) is -0.00235. The largest absolute Gasteiger partial charge is 0.454 e. The Hall–Kier alpha value is -4.66. The summed E-state index contributed by atoms with van der Waals surface area (Å²) < 4.78 is 17.2. The van der Waals surface area contributed by atoms with Gasteiger partial charge in [0.25, 0.3) is 11.5 Å². The number of nitrogens with one attached hydrogen (secondary N) is 1. The molecule has 1 aliphatic rings. The predicted octanol–water partition coefficient (Wildman–Crippen LogP) is 3.21. The second-order valence-corrected chi connectivity index (χ2v) is 8.32. The standard InChI is InChI=1S/C27H23N3O6/c1-17(19-11-12-22-23(13-19)36-16-35-22)28-24(31)15-34-27(33)25-20-9-5-6-10-21(20)26(32)30(29-25)14-18-7-3-2-4-8-18/h2-13,17H,14-16H2,1H3,(H,28,31)/t17-/m1/s1. The second kappa shape index (κ2) is 9.91. The highest BCUT2D eigenvalue weighted by Crippen LogP contribution is 2.34. The van der Waals surface area contributed by atoms with Crippen LogP contribution in [0.25, 0.3) is 10.8 Å². The number of aromatic nitrogens is 2. The number of esters is 1. The lowest BCUT2D eigenvalue weighted by Crippen LogP contribution is -2.32. The van der Waals surface area contributed by atoms with Crippen LogP contribution in [0.4, 0.5) is 0 Å². The third kappa shape index (κ3) is 4.76. The van der Waals surface area contributed by atoms with Crippen LogP contribution in [-0.2, 0) is 16.1 Å². The lowest BCUT2D eigenvalue weighted by Gasteiger charge is -2.15. The molecule has 0 bridgehead atoms. The van der Waals surface area contributed by atoms with Crippen molar-refractivity contribution in [2.24, 2.45) is 0 Å². The minimum Gasteiger partial charge on any atom is -0.454 e. The first-order chi connectivity index (χ1) is 17.5. The third-order valence-electron chi connectivity index (χ3n) is 5.84. The van der Waals surface area contributed by atoms with Gasteiger partial charge in [-0.15, -0.1) is 0 Å². The SMILES string of the molecule is C[C@@H](NC(=O)COC(=O)c1nn(Cc2ccccc2)c(=O)c2ccccc12)c1ccc2c(c1)OCO2. The van der Waals surface area contributed by atoms with E-state index in [4.69, 9.17) is 14.2 Å². The number of carbonyl (C=O) groups is 2. The van der Waals surface area contributed by atoms with Gasteiger partial charge in [0.1, 0.15) is 0 Å². The molecule has 1 atom stereocenters. The van der Waals surface area contributed by atoms with E-state index in [0.29, 0.717) is 22.3 Å².